The number of pyridine rings is 1. The van der Waals surface area contributed by atoms with Crippen LogP contribution in [0.2, 0.25) is 0 Å². The molecule has 1 unspecified atom stereocenters. The number of rotatable bonds is 9. The fraction of sp³-hybridized carbons (Fsp3) is 0.258. The van der Waals surface area contributed by atoms with Crippen molar-refractivity contribution in [3.63, 3.8) is 0 Å². The van der Waals surface area contributed by atoms with Gasteiger partial charge in [-0.3, -0.25) is 24.3 Å². The highest BCUT2D eigenvalue weighted by atomic mass is 16.3. The van der Waals surface area contributed by atoms with E-state index < -0.39 is 30.0 Å². The molecule has 0 radical (unpaired) electrons. The van der Waals surface area contributed by atoms with Crippen molar-refractivity contribution in [1.29, 1.82) is 5.26 Å². The molecule has 0 spiro atoms. The molecule has 0 bridgehead atoms. The number of aliphatic hydroxyl groups is 1. The van der Waals surface area contributed by atoms with Crippen molar-refractivity contribution in [2.24, 2.45) is 5.92 Å². The average Bonchev–Trinajstić information content (AvgIpc) is 2.98. The van der Waals surface area contributed by atoms with E-state index in [1.54, 1.807) is 36.5 Å². The van der Waals surface area contributed by atoms with E-state index in [2.05, 4.69) is 10.3 Å². The van der Waals surface area contributed by atoms with Gasteiger partial charge in [0.1, 0.15) is 12.6 Å². The van der Waals surface area contributed by atoms with Crippen LogP contribution in [-0.4, -0.2) is 62.3 Å². The first-order valence-corrected chi connectivity index (χ1v) is 13.0. The fourth-order valence-corrected chi connectivity index (χ4v) is 4.71. The third-order valence-electron chi connectivity index (χ3n) is 6.69. The highest BCUT2D eigenvalue weighted by Gasteiger charge is 2.41. The Balaban J connectivity index is 1.67. The number of nitrogens with one attached hydrogen (secondary N) is 1. The van der Waals surface area contributed by atoms with Crippen LogP contribution >= 0.6 is 0 Å². The molecule has 3 amide bonds. The van der Waals surface area contributed by atoms with E-state index in [1.807, 2.05) is 62.4 Å². The van der Waals surface area contributed by atoms with Crippen molar-refractivity contribution >= 4 is 23.4 Å². The van der Waals surface area contributed by atoms with Crippen molar-refractivity contribution in [3.05, 3.63) is 108 Å². The number of hydrogen-bond donors (Lipinski definition) is 2. The third-order valence-corrected chi connectivity index (χ3v) is 6.69. The molecule has 2 N–H and O–H groups in total. The maximum absolute atomic E-state index is 14.0. The Labute approximate surface area is 233 Å². The number of nitriles is 1. The second-order valence-electron chi connectivity index (χ2n) is 9.88. The smallest absolute Gasteiger partial charge is 0.258 e. The molecule has 2 aromatic carbocycles. The van der Waals surface area contributed by atoms with Gasteiger partial charge in [-0.1, -0.05) is 74.5 Å². The van der Waals surface area contributed by atoms with Crippen LogP contribution in [0.4, 0.5) is 0 Å². The van der Waals surface area contributed by atoms with E-state index in [0.717, 1.165) is 5.56 Å². The first kappa shape index (κ1) is 28.2. The topological polar surface area (TPSA) is 127 Å². The largest absolute Gasteiger partial charge is 0.376 e. The van der Waals surface area contributed by atoms with Crippen molar-refractivity contribution in [3.8, 4) is 6.07 Å². The number of benzene rings is 2. The first-order chi connectivity index (χ1) is 19.3. The van der Waals surface area contributed by atoms with Gasteiger partial charge in [0.25, 0.3) is 11.8 Å². The van der Waals surface area contributed by atoms with E-state index in [1.165, 1.54) is 22.2 Å². The molecule has 0 aliphatic carbocycles. The molecule has 9 heteroatoms. The lowest BCUT2D eigenvalue weighted by atomic mass is 9.96. The zero-order valence-electron chi connectivity index (χ0n) is 22.3. The molecule has 0 saturated heterocycles. The summed E-state index contributed by atoms with van der Waals surface area (Å²) < 4.78 is 0. The van der Waals surface area contributed by atoms with E-state index >= 15 is 0 Å². The highest BCUT2D eigenvalue weighted by Crippen LogP contribution is 2.31. The maximum Gasteiger partial charge on any atom is 0.258 e. The monoisotopic (exact) mass is 537 g/mol. The van der Waals surface area contributed by atoms with Crippen LogP contribution < -0.4 is 5.32 Å². The molecule has 3 aromatic rings. The predicted octanol–water partition coefficient (Wildman–Crippen LogP) is 3.00. The molecule has 0 saturated carbocycles. The van der Waals surface area contributed by atoms with Gasteiger partial charge in [0, 0.05) is 24.2 Å². The number of carbonyl (C=O) groups is 3. The van der Waals surface area contributed by atoms with Crippen LogP contribution in [0.1, 0.15) is 35.3 Å². The van der Waals surface area contributed by atoms with Crippen LogP contribution in [-0.2, 0) is 16.0 Å². The Bertz CT molecular complexity index is 1400. The lowest BCUT2D eigenvalue weighted by Crippen LogP contribution is -2.57. The van der Waals surface area contributed by atoms with Crippen molar-refractivity contribution in [2.45, 2.75) is 38.5 Å². The van der Waals surface area contributed by atoms with Gasteiger partial charge >= 0.3 is 0 Å². The van der Waals surface area contributed by atoms with E-state index in [4.69, 9.17) is 0 Å². The third kappa shape index (κ3) is 6.42. The minimum Gasteiger partial charge on any atom is -0.376 e. The van der Waals surface area contributed by atoms with E-state index in [-0.39, 0.29) is 24.8 Å². The van der Waals surface area contributed by atoms with Crippen LogP contribution in [0.3, 0.4) is 0 Å². The lowest BCUT2D eigenvalue weighted by molar-refractivity contribution is -0.138. The Kier molecular flexibility index (Phi) is 9.04. The second-order valence-corrected chi connectivity index (χ2v) is 9.88. The molecule has 1 aliphatic rings. The van der Waals surface area contributed by atoms with Gasteiger partial charge < -0.3 is 15.3 Å². The zero-order chi connectivity index (χ0) is 28.6. The number of hydrogen-bond acceptors (Lipinski definition) is 6. The summed E-state index contributed by atoms with van der Waals surface area (Å²) in [5.41, 5.74) is 2.26. The highest BCUT2D eigenvalue weighted by molar-refractivity contribution is 6.03. The van der Waals surface area contributed by atoms with Crippen LogP contribution in [0.25, 0.3) is 5.70 Å². The standard InChI is InChI=1S/C31H31N5O4/c1-21(2)29-31(40)35(20-28(38)34-25(27(37)18-32)17-22-9-5-3-6-10-22)26(23-11-7-4-8-12-23)19-36(29)30(39)24-13-15-33-16-14-24/h3-16,19,21,25,27,29,37H,17,20H2,1-2H3,(H,34,38)/t25-,27?,29+/m0/s1. The fourth-order valence-electron chi connectivity index (χ4n) is 4.71. The van der Waals surface area contributed by atoms with Gasteiger partial charge in [-0.15, -0.1) is 0 Å². The predicted molar refractivity (Wildman–Crippen MR) is 149 cm³/mol. The molecule has 9 nitrogen and oxygen atoms in total. The van der Waals surface area contributed by atoms with Crippen LogP contribution in [0.15, 0.2) is 91.4 Å². The summed E-state index contributed by atoms with van der Waals surface area (Å²) in [5.74, 6) is -1.56. The Morgan fingerprint density at radius 3 is 2.25 bits per heavy atom. The molecular weight excluding hydrogens is 506 g/mol. The second kappa shape index (κ2) is 12.8. The summed E-state index contributed by atoms with van der Waals surface area (Å²) in [7, 11) is 0. The van der Waals surface area contributed by atoms with Gasteiger partial charge in [-0.05, 0) is 35.6 Å². The number of aromatic nitrogens is 1. The minimum absolute atomic E-state index is 0.236. The summed E-state index contributed by atoms with van der Waals surface area (Å²) in [5, 5.41) is 22.4. The molecule has 1 aliphatic heterocycles. The lowest BCUT2D eigenvalue weighted by Gasteiger charge is -2.41. The molecule has 2 heterocycles. The summed E-state index contributed by atoms with van der Waals surface area (Å²) in [6.07, 6.45) is 3.44. The molecule has 3 atom stereocenters. The van der Waals surface area contributed by atoms with Crippen molar-refractivity contribution < 1.29 is 19.5 Å². The number of carbonyl (C=O) groups excluding carboxylic acids is 3. The molecular formula is C31H31N5O4. The molecule has 0 fully saturated rings. The number of nitrogens with zero attached hydrogens (tertiary/aromatic N) is 4. The Morgan fingerprint density at radius 1 is 1.02 bits per heavy atom. The van der Waals surface area contributed by atoms with Gasteiger partial charge in [-0.2, -0.15) is 5.26 Å². The molecule has 204 valence electrons. The van der Waals surface area contributed by atoms with Gasteiger partial charge in [-0.25, -0.2) is 0 Å². The summed E-state index contributed by atoms with van der Waals surface area (Å²) >= 11 is 0. The Hall–Kier alpha value is -4.81. The quantitative estimate of drug-likeness (QED) is 0.404. The number of aliphatic hydroxyl groups excluding tert-OH is 1. The van der Waals surface area contributed by atoms with Gasteiger partial charge in [0.05, 0.1) is 17.8 Å². The van der Waals surface area contributed by atoms with Crippen LogP contribution in [0, 0.1) is 17.2 Å². The van der Waals surface area contributed by atoms with Crippen LogP contribution in [0.5, 0.6) is 0 Å². The van der Waals surface area contributed by atoms with E-state index in [0.29, 0.717) is 16.8 Å². The van der Waals surface area contributed by atoms with E-state index in [9.17, 15) is 24.8 Å². The maximum atomic E-state index is 14.0. The minimum atomic E-state index is -1.44. The molecule has 4 rings (SSSR count). The average molecular weight is 538 g/mol. The summed E-state index contributed by atoms with van der Waals surface area (Å²) in [6, 6.07) is 21.5. The zero-order valence-corrected chi connectivity index (χ0v) is 22.3. The summed E-state index contributed by atoms with van der Waals surface area (Å²) in [6.45, 7) is 3.33. The Morgan fingerprint density at radius 2 is 1.65 bits per heavy atom. The molecule has 40 heavy (non-hydrogen) atoms. The number of amides is 3. The van der Waals surface area contributed by atoms with Gasteiger partial charge in [0.15, 0.2) is 6.10 Å². The van der Waals surface area contributed by atoms with Crippen molar-refractivity contribution in [2.75, 3.05) is 6.54 Å². The SMILES string of the molecule is CC(C)[C@@H]1C(=O)N(CC(=O)N[C@@H](Cc2ccccc2)C(O)C#N)C(c2ccccc2)=CN1C(=O)c1ccncc1. The first-order valence-electron chi connectivity index (χ1n) is 13.0. The van der Waals surface area contributed by atoms with Gasteiger partial charge in [0.2, 0.25) is 5.91 Å². The van der Waals surface area contributed by atoms with Crippen molar-refractivity contribution in [1.82, 2.24) is 20.1 Å². The normalized spacial score (nSPS) is 16.6. The molecule has 1 aromatic heterocycles. The summed E-state index contributed by atoms with van der Waals surface area (Å²) in [4.78, 5) is 47.6.